The van der Waals surface area contributed by atoms with Crippen LogP contribution in [0.5, 0.6) is 0 Å². The van der Waals surface area contributed by atoms with E-state index in [1.54, 1.807) is 0 Å². The highest BCUT2D eigenvalue weighted by Crippen LogP contribution is 2.39. The van der Waals surface area contributed by atoms with Crippen LogP contribution < -0.4 is 5.32 Å². The van der Waals surface area contributed by atoms with Crippen molar-refractivity contribution in [3.8, 4) is 0 Å². The fourth-order valence-electron chi connectivity index (χ4n) is 13.1. The van der Waals surface area contributed by atoms with Crippen LogP contribution in [0.3, 0.4) is 0 Å². The van der Waals surface area contributed by atoms with E-state index in [1.165, 1.54) is 0 Å². The van der Waals surface area contributed by atoms with Gasteiger partial charge in [-0.1, -0.05) is 0 Å². The first-order chi connectivity index (χ1) is 48.8. The third-order valence-corrected chi connectivity index (χ3v) is 19.1. The molecule has 9 rings (SSSR count). The Hall–Kier alpha value is -2.33. The minimum atomic E-state index is -2.52. The van der Waals surface area contributed by atoms with Crippen molar-refractivity contribution in [3.05, 3.63) is 0 Å². The largest absolute Gasteiger partial charge is 0.394 e. The molecule has 0 aromatic rings. The highest BCUT2D eigenvalue weighted by Gasteiger charge is 2.60. The second kappa shape index (κ2) is 36.7. The van der Waals surface area contributed by atoms with Gasteiger partial charge in [-0.25, -0.2) is 0 Å². The summed E-state index contributed by atoms with van der Waals surface area (Å²) in [6.45, 7) is -8.64. The number of nitrogens with one attached hydrogen (secondary N) is 1. The molecule has 9 heterocycles. The molecule has 9 aliphatic heterocycles. The van der Waals surface area contributed by atoms with E-state index >= 15 is 0 Å². The molecule has 0 aliphatic carbocycles. The number of amides is 1. The van der Waals surface area contributed by atoms with Crippen LogP contribution in [0.15, 0.2) is 0 Å². The van der Waals surface area contributed by atoms with Crippen molar-refractivity contribution in [2.75, 3.05) is 59.5 Å². The minimum Gasteiger partial charge on any atom is -0.394 e. The second-order valence-electron chi connectivity index (χ2n) is 26.0. The summed E-state index contributed by atoms with van der Waals surface area (Å²) in [5.74, 6) is -0.853. The predicted molar refractivity (Wildman–Crippen MR) is 309 cm³/mol. The van der Waals surface area contributed by atoms with Crippen LogP contribution in [0.1, 0.15) is 6.92 Å². The zero-order chi connectivity index (χ0) is 75.6. The van der Waals surface area contributed by atoms with Crippen LogP contribution in [0.25, 0.3) is 0 Å². The minimum absolute atomic E-state index is 0.853. The van der Waals surface area contributed by atoms with Crippen molar-refractivity contribution in [1.29, 1.82) is 0 Å². The average molecular weight is 1520 g/mol. The van der Waals surface area contributed by atoms with E-state index < -0.39 is 342 Å². The summed E-state index contributed by atoms with van der Waals surface area (Å²) >= 11 is 0. The molecule has 0 aromatic heterocycles. The van der Waals surface area contributed by atoms with Gasteiger partial charge in [0.15, 0.2) is 56.6 Å². The summed E-state index contributed by atoms with van der Waals surface area (Å²) in [7, 11) is 0. The lowest BCUT2D eigenvalue weighted by Gasteiger charge is -2.50. The molecule has 1 amide bonds. The third-order valence-electron chi connectivity index (χ3n) is 19.1. The van der Waals surface area contributed by atoms with Gasteiger partial charge in [0.05, 0.1) is 59.5 Å². The highest BCUT2D eigenvalue weighted by atomic mass is 16.8. The van der Waals surface area contributed by atoms with E-state index in [0.29, 0.717) is 0 Å². The molecule has 0 saturated carbocycles. The highest BCUT2D eigenvalue weighted by molar-refractivity contribution is 5.73. The molecule has 47 nitrogen and oxygen atoms in total. The zero-order valence-electron chi connectivity index (χ0n) is 54.2. The monoisotopic (exact) mass is 1520 g/mol. The number of carbonyl (C=O) groups is 1. The van der Waals surface area contributed by atoms with Gasteiger partial charge in [0.2, 0.25) is 5.91 Å². The van der Waals surface area contributed by atoms with Gasteiger partial charge in [-0.05, 0) is 0 Å². The SMILES string of the molecule is CC(=O)N[C@@H]1[C@@H](O)[C@H](O[C@@H]2O[C@H](CO[C@H]3O[C@H](CO[C@H]4O[C@H](CO)[C@@H](O)[C@H](O)[C@@H]4O)[C@@H](O)[C@H](O[C@H]4O[C@H](CO)[C@@H](O)[C@H](O)[C@@H]4O)[C@@H]3O)[C@@H](O)[C@H](O[C@H]3O[C@H](CO)[C@@H](O)[C@H](O)[C@@H]3O[C@H]3O[C@H](CO)[C@@H](O)[C@H](O)[C@@H]3O[C@H]3O[C@H](CO)[C@@H](O)[C@H](O[C@H]4O[C@H](CO)[C@@H](O)[C@H](O)[C@H]4O)[C@@H]3O)[C@@H]2O)[C@@H](CO)O[C@H]1O. The number of hydrogen-bond donors (Lipinski definition) is 29. The van der Waals surface area contributed by atoms with E-state index in [1.807, 2.05) is 0 Å². The maximum absolute atomic E-state index is 12.4. The molecule has 103 heavy (non-hydrogen) atoms. The van der Waals surface area contributed by atoms with E-state index in [4.69, 9.17) is 80.5 Å². The number of rotatable bonds is 26. The molecule has 600 valence electrons. The topological polar surface area (TPSA) is 752 Å². The quantitative estimate of drug-likeness (QED) is 0.0382. The molecule has 47 heteroatoms. The number of ether oxygens (including phenoxy) is 17. The van der Waals surface area contributed by atoms with Crippen molar-refractivity contribution >= 4 is 5.91 Å². The lowest BCUT2D eigenvalue weighted by molar-refractivity contribution is -0.410. The zero-order valence-corrected chi connectivity index (χ0v) is 54.2. The maximum Gasteiger partial charge on any atom is 0.217 e. The van der Waals surface area contributed by atoms with Crippen molar-refractivity contribution in [2.24, 2.45) is 0 Å². The van der Waals surface area contributed by atoms with Crippen LogP contribution in [-0.2, 0) is 85.3 Å². The van der Waals surface area contributed by atoms with Crippen LogP contribution in [0, 0.1) is 0 Å². The molecule has 0 bridgehead atoms. The Morgan fingerprint density at radius 3 is 0.883 bits per heavy atom. The third kappa shape index (κ3) is 18.0. The number of aliphatic hydroxyl groups is 28. The summed E-state index contributed by atoms with van der Waals surface area (Å²) in [5, 5.41) is 308. The molecule has 0 aromatic carbocycles. The Bertz CT molecular complexity index is 2580. The summed E-state index contributed by atoms with van der Waals surface area (Å²) in [4.78, 5) is 12.3. The number of aliphatic hydroxyl groups excluding tert-OH is 28. The molecule has 0 spiro atoms. The summed E-state index contributed by atoms with van der Waals surface area (Å²) < 4.78 is 97.9. The molecular formula is C56H95NO46. The first kappa shape index (κ1) is 84.7. The second-order valence-corrected chi connectivity index (χ2v) is 26.0. The van der Waals surface area contributed by atoms with Crippen LogP contribution >= 0.6 is 0 Å². The van der Waals surface area contributed by atoms with Crippen LogP contribution in [-0.4, -0.2) is 485 Å². The Kier molecular flexibility index (Phi) is 30.2. The van der Waals surface area contributed by atoms with Gasteiger partial charge < -0.3 is 229 Å². The Morgan fingerprint density at radius 2 is 0.505 bits per heavy atom. The Labute approximate surface area is 581 Å². The molecule has 9 aliphatic rings. The van der Waals surface area contributed by atoms with E-state index in [-0.39, 0.29) is 0 Å². The van der Waals surface area contributed by atoms with Crippen molar-refractivity contribution in [1.82, 2.24) is 5.32 Å². The van der Waals surface area contributed by atoms with Gasteiger partial charge in [0.25, 0.3) is 0 Å². The van der Waals surface area contributed by atoms with Crippen molar-refractivity contribution < 1.29 is 228 Å². The fourth-order valence-corrected chi connectivity index (χ4v) is 13.1. The Balaban J connectivity index is 1.03. The van der Waals surface area contributed by atoms with Crippen molar-refractivity contribution in [2.45, 2.75) is 283 Å². The summed E-state index contributed by atoms with van der Waals surface area (Å²) in [6, 6.07) is -1.77. The van der Waals surface area contributed by atoms with Crippen LogP contribution in [0.2, 0.25) is 0 Å². The van der Waals surface area contributed by atoms with E-state index in [0.717, 1.165) is 6.92 Å². The number of carbonyl (C=O) groups excluding carboxylic acids is 1. The number of hydrogen-bond acceptors (Lipinski definition) is 46. The van der Waals surface area contributed by atoms with E-state index in [9.17, 15) is 148 Å². The summed E-state index contributed by atoms with van der Waals surface area (Å²) in [6.07, 6.45) is -93.2. The first-order valence-electron chi connectivity index (χ1n) is 32.7. The molecule has 9 saturated heterocycles. The van der Waals surface area contributed by atoms with Crippen LogP contribution in [0.4, 0.5) is 0 Å². The normalized spacial score (nSPS) is 52.4. The Morgan fingerprint density at radius 1 is 0.252 bits per heavy atom. The fraction of sp³-hybridized carbons (Fsp3) is 0.982. The molecule has 9 fully saturated rings. The summed E-state index contributed by atoms with van der Waals surface area (Å²) in [5.41, 5.74) is 0. The van der Waals surface area contributed by atoms with Gasteiger partial charge in [0.1, 0.15) is 220 Å². The standard InChI is InChI=1S/C56H95NO46/c1-11(65)57-21-30(74)42(18(8-64)89-48(21)86)98-54-41(85)45(29(73)20(97-54)10-88-50-39(83)44(100-52-38(82)33(77)24(68)14(4-60)92-52)28(72)19(96-50)9-87-49-36(80)31(75)22(66)12(2-58)90-49)101-55-47(35(79)26(70)15(5-61)94-55)103-56-46(34(78)25(69)16(6-62)95-56)102-53-40(84)43(27(71)17(7-63)93-53)99-51-37(81)32(76)23(67)13(3-59)91-51/h12-56,58-64,66-86H,2-10H2,1H3,(H,57,65)/t12-,13-,14-,15-,16-,17-,18-,19-,20-,21-,22-,23-,24-,25-,26-,27-,28-,29-,30-,31+,32+,33+,34+,35+,36+,37-,38+,39+,40+,41+,42-,43+,44+,45+,46+,47+,48-,49+,50+,51-,52-,53-,54+,55-,56-/m1/s1. The molecule has 29 N–H and O–H groups in total. The lowest BCUT2D eigenvalue weighted by atomic mass is 9.94. The van der Waals surface area contributed by atoms with Gasteiger partial charge >= 0.3 is 0 Å². The van der Waals surface area contributed by atoms with Gasteiger partial charge in [-0.3, -0.25) is 4.79 Å². The molecule has 0 unspecified atom stereocenters. The van der Waals surface area contributed by atoms with Crippen molar-refractivity contribution in [3.63, 3.8) is 0 Å². The molecule has 45 atom stereocenters. The average Bonchev–Trinajstić information content (AvgIpc) is 0.774. The van der Waals surface area contributed by atoms with Gasteiger partial charge in [-0.2, -0.15) is 0 Å². The smallest absolute Gasteiger partial charge is 0.217 e. The first-order valence-corrected chi connectivity index (χ1v) is 32.7. The lowest BCUT2D eigenvalue weighted by Crippen LogP contribution is -2.69. The van der Waals surface area contributed by atoms with Gasteiger partial charge in [-0.15, -0.1) is 0 Å². The van der Waals surface area contributed by atoms with Gasteiger partial charge in [0, 0.05) is 6.92 Å². The maximum atomic E-state index is 12.4. The molecule has 0 radical (unpaired) electrons. The molecular weight excluding hydrogens is 1420 g/mol. The predicted octanol–water partition coefficient (Wildman–Crippen LogP) is -20.5. The van der Waals surface area contributed by atoms with E-state index in [2.05, 4.69) is 5.32 Å².